The summed E-state index contributed by atoms with van der Waals surface area (Å²) < 4.78 is 31.7. The van der Waals surface area contributed by atoms with E-state index in [2.05, 4.69) is 11.3 Å². The molecule has 1 amide bonds. The van der Waals surface area contributed by atoms with Crippen LogP contribution in [0.4, 0.5) is 11.4 Å². The van der Waals surface area contributed by atoms with Gasteiger partial charge in [0.1, 0.15) is 12.4 Å². The van der Waals surface area contributed by atoms with Crippen molar-refractivity contribution < 1.29 is 17.9 Å². The zero-order chi connectivity index (χ0) is 17.3. The van der Waals surface area contributed by atoms with E-state index in [1.165, 1.54) is 0 Å². The molecular weight excluding hydrogens is 316 g/mol. The first kappa shape index (κ1) is 17.3. The molecule has 0 aliphatic carbocycles. The highest BCUT2D eigenvalue weighted by Gasteiger charge is 2.37. The van der Waals surface area contributed by atoms with Crippen LogP contribution in [0.3, 0.4) is 0 Å². The van der Waals surface area contributed by atoms with Gasteiger partial charge >= 0.3 is 0 Å². The van der Waals surface area contributed by atoms with Crippen molar-refractivity contribution in [1.82, 2.24) is 0 Å². The SMILES string of the molecule is C=CCN1C(=O)C(C)(C)COc2ccc(NS(=O)(=O)CC)cc21. The summed E-state index contributed by atoms with van der Waals surface area (Å²) in [5, 5.41) is 0. The largest absolute Gasteiger partial charge is 0.490 e. The molecule has 1 aliphatic heterocycles. The van der Waals surface area contributed by atoms with E-state index in [0.717, 1.165) is 0 Å². The monoisotopic (exact) mass is 338 g/mol. The standard InChI is InChI=1S/C16H22N2O4S/c1-5-9-18-13-10-12(17-23(20,21)6-2)7-8-14(13)22-11-16(3,4)15(18)19/h5,7-8,10,17H,1,6,9,11H2,2-4H3. The van der Waals surface area contributed by atoms with Crippen LogP contribution in [0.5, 0.6) is 5.75 Å². The number of ether oxygens (including phenoxy) is 1. The minimum Gasteiger partial charge on any atom is -0.490 e. The van der Waals surface area contributed by atoms with Crippen molar-refractivity contribution in [3.05, 3.63) is 30.9 Å². The van der Waals surface area contributed by atoms with Crippen LogP contribution in [0.1, 0.15) is 20.8 Å². The van der Waals surface area contributed by atoms with Gasteiger partial charge in [0, 0.05) is 6.54 Å². The Hall–Kier alpha value is -2.02. The van der Waals surface area contributed by atoms with Crippen LogP contribution < -0.4 is 14.4 Å². The molecule has 1 heterocycles. The molecule has 7 heteroatoms. The van der Waals surface area contributed by atoms with Gasteiger partial charge in [-0.1, -0.05) is 6.08 Å². The summed E-state index contributed by atoms with van der Waals surface area (Å²) in [6.07, 6.45) is 1.63. The number of sulfonamides is 1. The summed E-state index contributed by atoms with van der Waals surface area (Å²) in [5.41, 5.74) is 0.262. The van der Waals surface area contributed by atoms with E-state index in [-0.39, 0.29) is 18.3 Å². The predicted molar refractivity (Wildman–Crippen MR) is 91.4 cm³/mol. The molecule has 0 unspecified atom stereocenters. The van der Waals surface area contributed by atoms with Crippen molar-refractivity contribution in [2.75, 3.05) is 28.5 Å². The van der Waals surface area contributed by atoms with Gasteiger partial charge in [0.2, 0.25) is 15.9 Å². The van der Waals surface area contributed by atoms with Crippen LogP contribution in [-0.2, 0) is 14.8 Å². The minimum atomic E-state index is -3.39. The van der Waals surface area contributed by atoms with Gasteiger partial charge in [0.15, 0.2) is 0 Å². The van der Waals surface area contributed by atoms with Gasteiger partial charge in [-0.2, -0.15) is 0 Å². The lowest BCUT2D eigenvalue weighted by Gasteiger charge is -2.27. The summed E-state index contributed by atoms with van der Waals surface area (Å²) in [6, 6.07) is 4.92. The summed E-state index contributed by atoms with van der Waals surface area (Å²) in [7, 11) is -3.39. The van der Waals surface area contributed by atoms with Crippen molar-refractivity contribution in [2.45, 2.75) is 20.8 Å². The molecule has 0 saturated carbocycles. The Morgan fingerprint density at radius 1 is 1.43 bits per heavy atom. The molecule has 0 aromatic heterocycles. The molecule has 0 saturated heterocycles. The zero-order valence-electron chi connectivity index (χ0n) is 13.6. The van der Waals surface area contributed by atoms with Gasteiger partial charge < -0.3 is 9.64 Å². The van der Waals surface area contributed by atoms with E-state index < -0.39 is 15.4 Å². The molecule has 23 heavy (non-hydrogen) atoms. The molecule has 1 aromatic carbocycles. The highest BCUT2D eigenvalue weighted by atomic mass is 32.2. The molecule has 6 nitrogen and oxygen atoms in total. The second kappa shape index (κ2) is 6.23. The van der Waals surface area contributed by atoms with Crippen molar-refractivity contribution >= 4 is 27.3 Å². The molecule has 0 atom stereocenters. The van der Waals surface area contributed by atoms with E-state index in [1.807, 2.05) is 13.8 Å². The number of hydrogen-bond donors (Lipinski definition) is 1. The molecule has 1 N–H and O–H groups in total. The number of amides is 1. The maximum Gasteiger partial charge on any atom is 0.236 e. The Kier molecular flexibility index (Phi) is 4.70. The topological polar surface area (TPSA) is 75.7 Å². The summed E-state index contributed by atoms with van der Waals surface area (Å²) >= 11 is 0. The Morgan fingerprint density at radius 2 is 2.13 bits per heavy atom. The number of anilines is 2. The molecule has 1 aliphatic rings. The fourth-order valence-electron chi connectivity index (χ4n) is 2.27. The van der Waals surface area contributed by atoms with E-state index in [9.17, 15) is 13.2 Å². The molecule has 126 valence electrons. The highest BCUT2D eigenvalue weighted by Crippen LogP contribution is 2.38. The maximum atomic E-state index is 12.7. The van der Waals surface area contributed by atoms with Crippen molar-refractivity contribution in [3.63, 3.8) is 0 Å². The lowest BCUT2D eigenvalue weighted by atomic mass is 9.93. The Balaban J connectivity index is 2.48. The predicted octanol–water partition coefficient (Wildman–Crippen LogP) is 2.39. The highest BCUT2D eigenvalue weighted by molar-refractivity contribution is 7.92. The fourth-order valence-corrected chi connectivity index (χ4v) is 2.90. The number of fused-ring (bicyclic) bond motifs is 1. The Bertz CT molecular complexity index is 726. The van der Waals surface area contributed by atoms with Crippen LogP contribution in [-0.4, -0.2) is 33.2 Å². The van der Waals surface area contributed by atoms with Gasteiger partial charge in [-0.15, -0.1) is 6.58 Å². The van der Waals surface area contributed by atoms with Gasteiger partial charge in [0.05, 0.1) is 22.5 Å². The third kappa shape index (κ3) is 3.67. The number of nitrogens with one attached hydrogen (secondary N) is 1. The van der Waals surface area contributed by atoms with E-state index in [0.29, 0.717) is 23.7 Å². The first-order valence-corrected chi connectivity index (χ1v) is 9.05. The van der Waals surface area contributed by atoms with Crippen LogP contribution in [0, 0.1) is 5.41 Å². The molecule has 0 radical (unpaired) electrons. The minimum absolute atomic E-state index is 0.0249. The van der Waals surface area contributed by atoms with Gasteiger partial charge in [-0.05, 0) is 39.0 Å². The normalized spacial score (nSPS) is 17.0. The maximum absolute atomic E-state index is 12.7. The molecule has 0 fully saturated rings. The van der Waals surface area contributed by atoms with Crippen molar-refractivity contribution in [1.29, 1.82) is 0 Å². The molecule has 1 aromatic rings. The average Bonchev–Trinajstić information content (AvgIpc) is 2.58. The fraction of sp³-hybridized carbons (Fsp3) is 0.438. The summed E-state index contributed by atoms with van der Waals surface area (Å²) in [6.45, 7) is 9.46. The number of benzene rings is 1. The Morgan fingerprint density at radius 3 is 2.74 bits per heavy atom. The summed E-state index contributed by atoms with van der Waals surface area (Å²) in [5.74, 6) is 0.431. The van der Waals surface area contributed by atoms with E-state index >= 15 is 0 Å². The van der Waals surface area contributed by atoms with Gasteiger partial charge in [-0.25, -0.2) is 8.42 Å². The van der Waals surface area contributed by atoms with Crippen LogP contribution >= 0.6 is 0 Å². The third-order valence-electron chi connectivity index (χ3n) is 3.63. The molecular formula is C16H22N2O4S. The van der Waals surface area contributed by atoms with Gasteiger partial charge in [-0.3, -0.25) is 9.52 Å². The van der Waals surface area contributed by atoms with Crippen LogP contribution in [0.2, 0.25) is 0 Å². The second-order valence-electron chi connectivity index (χ2n) is 6.06. The number of nitrogens with zero attached hydrogens (tertiary/aromatic N) is 1. The van der Waals surface area contributed by atoms with Crippen LogP contribution in [0.15, 0.2) is 30.9 Å². The van der Waals surface area contributed by atoms with Crippen molar-refractivity contribution in [3.8, 4) is 5.75 Å². The lowest BCUT2D eigenvalue weighted by molar-refractivity contribution is -0.127. The number of hydrogen-bond acceptors (Lipinski definition) is 4. The first-order chi connectivity index (χ1) is 10.7. The second-order valence-corrected chi connectivity index (χ2v) is 8.08. The van der Waals surface area contributed by atoms with E-state index in [4.69, 9.17) is 4.74 Å². The first-order valence-electron chi connectivity index (χ1n) is 7.40. The smallest absolute Gasteiger partial charge is 0.236 e. The molecule has 0 spiro atoms. The summed E-state index contributed by atoms with van der Waals surface area (Å²) in [4.78, 5) is 14.3. The number of carbonyl (C=O) groups excluding carboxylic acids is 1. The Labute approximate surface area is 137 Å². The van der Waals surface area contributed by atoms with Gasteiger partial charge in [0.25, 0.3) is 0 Å². The molecule has 2 rings (SSSR count). The van der Waals surface area contributed by atoms with Crippen molar-refractivity contribution in [2.24, 2.45) is 5.41 Å². The van der Waals surface area contributed by atoms with Crippen LogP contribution in [0.25, 0.3) is 0 Å². The number of rotatable bonds is 5. The van der Waals surface area contributed by atoms with E-state index in [1.54, 1.807) is 36.1 Å². The number of carbonyl (C=O) groups is 1. The zero-order valence-corrected chi connectivity index (χ0v) is 14.4. The quantitative estimate of drug-likeness (QED) is 0.837. The third-order valence-corrected chi connectivity index (χ3v) is 4.93. The lowest BCUT2D eigenvalue weighted by Crippen LogP contribution is -2.42. The average molecular weight is 338 g/mol. The molecule has 0 bridgehead atoms.